The van der Waals surface area contributed by atoms with Crippen molar-refractivity contribution in [1.82, 2.24) is 15.1 Å². The normalized spacial score (nSPS) is 10.6. The molecule has 0 aliphatic carbocycles. The molecule has 1 amide bonds. The molecule has 0 saturated carbocycles. The predicted molar refractivity (Wildman–Crippen MR) is 111 cm³/mol. The molecule has 0 saturated heterocycles. The second-order valence-electron chi connectivity index (χ2n) is 6.61. The molecule has 0 fully saturated rings. The smallest absolute Gasteiger partial charge is 0.308 e. The molecule has 8 nitrogen and oxygen atoms in total. The number of esters is 1. The average Bonchev–Trinajstić information content (AvgIpc) is 2.78. The van der Waals surface area contributed by atoms with E-state index in [1.54, 1.807) is 36.1 Å². The van der Waals surface area contributed by atoms with Gasteiger partial charge < -0.3 is 14.8 Å². The van der Waals surface area contributed by atoms with E-state index in [1.165, 1.54) is 6.20 Å². The Morgan fingerprint density at radius 3 is 2.63 bits per heavy atom. The van der Waals surface area contributed by atoms with E-state index < -0.39 is 5.97 Å². The summed E-state index contributed by atoms with van der Waals surface area (Å²) in [7, 11) is 1.61. The molecule has 0 spiro atoms. The predicted octanol–water partition coefficient (Wildman–Crippen LogP) is 1.70. The number of carbonyl (C=O) groups is 2. The minimum absolute atomic E-state index is 0.0407. The van der Waals surface area contributed by atoms with Crippen LogP contribution >= 0.6 is 0 Å². The van der Waals surface area contributed by atoms with Gasteiger partial charge in [-0.3, -0.25) is 19.1 Å². The maximum absolute atomic E-state index is 12.0. The number of aromatic nitrogens is 2. The Bertz CT molecular complexity index is 1080. The van der Waals surface area contributed by atoms with Crippen LogP contribution in [0.15, 0.2) is 59.5 Å². The van der Waals surface area contributed by atoms with Crippen LogP contribution in [0.1, 0.15) is 12.0 Å². The summed E-state index contributed by atoms with van der Waals surface area (Å²) in [6.45, 7) is 0.356. The standard InChI is InChI=1S/C22H23N3O5/c1-29-17-8-6-16(7-9-17)10-12-23-21(27)15-30-22(28)11-13-25-19-5-3-2-4-18(19)20(26)14-24-25/h2-9,14H,10-13,15H2,1H3,(H,23,27). The summed E-state index contributed by atoms with van der Waals surface area (Å²) in [5.41, 5.74) is 1.54. The first kappa shape index (κ1) is 21.0. The lowest BCUT2D eigenvalue weighted by atomic mass is 10.1. The van der Waals surface area contributed by atoms with Gasteiger partial charge in [0.05, 0.1) is 31.8 Å². The monoisotopic (exact) mass is 409 g/mol. The van der Waals surface area contributed by atoms with Gasteiger partial charge in [-0.05, 0) is 36.2 Å². The Morgan fingerprint density at radius 1 is 1.10 bits per heavy atom. The quantitative estimate of drug-likeness (QED) is 0.540. The summed E-state index contributed by atoms with van der Waals surface area (Å²) in [6, 6.07) is 14.6. The summed E-state index contributed by atoms with van der Waals surface area (Å²) < 4.78 is 11.7. The van der Waals surface area contributed by atoms with Crippen LogP contribution in [0.4, 0.5) is 0 Å². The van der Waals surface area contributed by atoms with Gasteiger partial charge in [0.2, 0.25) is 5.43 Å². The number of nitrogens with one attached hydrogen (secondary N) is 1. The first-order chi connectivity index (χ1) is 14.6. The van der Waals surface area contributed by atoms with Crippen LogP contribution in [0.25, 0.3) is 10.9 Å². The van der Waals surface area contributed by atoms with Crippen LogP contribution in [-0.2, 0) is 27.3 Å². The number of carbonyl (C=O) groups excluding carboxylic acids is 2. The van der Waals surface area contributed by atoms with Crippen molar-refractivity contribution in [2.45, 2.75) is 19.4 Å². The third-order valence-corrected chi connectivity index (χ3v) is 4.55. The highest BCUT2D eigenvalue weighted by atomic mass is 16.5. The molecule has 0 bridgehead atoms. The highest BCUT2D eigenvalue weighted by Gasteiger charge is 2.10. The van der Waals surface area contributed by atoms with Gasteiger partial charge in [-0.1, -0.05) is 24.3 Å². The number of benzene rings is 2. The van der Waals surface area contributed by atoms with Gasteiger partial charge >= 0.3 is 5.97 Å². The molecule has 1 aromatic heterocycles. The van der Waals surface area contributed by atoms with Gasteiger partial charge in [-0.15, -0.1) is 0 Å². The van der Waals surface area contributed by atoms with E-state index in [4.69, 9.17) is 9.47 Å². The number of aryl methyl sites for hydroxylation is 1. The molecule has 1 heterocycles. The van der Waals surface area contributed by atoms with Gasteiger partial charge in [0.1, 0.15) is 5.75 Å². The van der Waals surface area contributed by atoms with Crippen molar-refractivity contribution in [3.63, 3.8) is 0 Å². The maximum atomic E-state index is 12.0. The highest BCUT2D eigenvalue weighted by molar-refractivity contribution is 5.81. The van der Waals surface area contributed by atoms with Crippen LogP contribution < -0.4 is 15.5 Å². The van der Waals surface area contributed by atoms with Gasteiger partial charge in [0.15, 0.2) is 6.61 Å². The second-order valence-corrected chi connectivity index (χ2v) is 6.61. The number of hydrogen-bond acceptors (Lipinski definition) is 6. The average molecular weight is 409 g/mol. The highest BCUT2D eigenvalue weighted by Crippen LogP contribution is 2.11. The number of ether oxygens (including phenoxy) is 2. The van der Waals surface area contributed by atoms with E-state index in [9.17, 15) is 14.4 Å². The first-order valence-corrected chi connectivity index (χ1v) is 9.57. The minimum Gasteiger partial charge on any atom is -0.497 e. The molecule has 0 radical (unpaired) electrons. The molecular formula is C22H23N3O5. The molecule has 0 aliphatic rings. The zero-order valence-electron chi connectivity index (χ0n) is 16.7. The fraction of sp³-hybridized carbons (Fsp3) is 0.273. The molecule has 3 aromatic rings. The summed E-state index contributed by atoms with van der Waals surface area (Å²) in [6.07, 6.45) is 1.93. The van der Waals surface area contributed by atoms with Crippen molar-refractivity contribution in [3.8, 4) is 5.75 Å². The number of amides is 1. The van der Waals surface area contributed by atoms with Crippen molar-refractivity contribution >= 4 is 22.8 Å². The molecule has 8 heteroatoms. The van der Waals surface area contributed by atoms with Crippen molar-refractivity contribution in [3.05, 3.63) is 70.5 Å². The maximum Gasteiger partial charge on any atom is 0.308 e. The Balaban J connectivity index is 1.40. The first-order valence-electron chi connectivity index (χ1n) is 9.57. The van der Waals surface area contributed by atoms with Crippen molar-refractivity contribution in [1.29, 1.82) is 0 Å². The number of methoxy groups -OCH3 is 1. The molecule has 2 aromatic carbocycles. The summed E-state index contributed by atoms with van der Waals surface area (Å²) in [5.74, 6) is -0.0892. The van der Waals surface area contributed by atoms with E-state index in [1.807, 2.05) is 24.3 Å². The van der Waals surface area contributed by atoms with Gasteiger partial charge in [-0.2, -0.15) is 5.10 Å². The fourth-order valence-electron chi connectivity index (χ4n) is 2.94. The molecule has 0 unspecified atom stereocenters. The Labute approximate surface area is 173 Å². The van der Waals surface area contributed by atoms with Crippen LogP contribution in [0.5, 0.6) is 5.75 Å². The van der Waals surface area contributed by atoms with Crippen molar-refractivity contribution < 1.29 is 19.1 Å². The summed E-state index contributed by atoms with van der Waals surface area (Å²) >= 11 is 0. The van der Waals surface area contributed by atoms with Crippen molar-refractivity contribution in [2.75, 3.05) is 20.3 Å². The second kappa shape index (κ2) is 10.2. The lowest BCUT2D eigenvalue weighted by Gasteiger charge is -2.09. The van der Waals surface area contributed by atoms with E-state index in [-0.39, 0.29) is 30.9 Å². The number of nitrogens with zero attached hydrogens (tertiary/aromatic N) is 2. The molecular weight excluding hydrogens is 386 g/mol. The number of para-hydroxylation sites is 1. The largest absolute Gasteiger partial charge is 0.497 e. The lowest BCUT2D eigenvalue weighted by molar-refractivity contribution is -0.148. The van der Waals surface area contributed by atoms with E-state index in [0.717, 1.165) is 11.3 Å². The van der Waals surface area contributed by atoms with Crippen LogP contribution in [0.2, 0.25) is 0 Å². The molecule has 3 rings (SSSR count). The van der Waals surface area contributed by atoms with Crippen LogP contribution in [0, 0.1) is 0 Å². The third-order valence-electron chi connectivity index (χ3n) is 4.55. The topological polar surface area (TPSA) is 99.5 Å². The molecule has 156 valence electrons. The molecule has 0 atom stereocenters. The SMILES string of the molecule is COc1ccc(CCNC(=O)COC(=O)CCn2ncc(=O)c3ccccc32)cc1. The van der Waals surface area contributed by atoms with E-state index in [0.29, 0.717) is 23.9 Å². The Kier molecular flexibility index (Phi) is 7.15. The summed E-state index contributed by atoms with van der Waals surface area (Å²) in [4.78, 5) is 35.7. The summed E-state index contributed by atoms with van der Waals surface area (Å²) in [5, 5.41) is 7.32. The van der Waals surface area contributed by atoms with Gasteiger partial charge in [0.25, 0.3) is 5.91 Å². The molecule has 0 aliphatic heterocycles. The van der Waals surface area contributed by atoms with Crippen molar-refractivity contribution in [2.24, 2.45) is 0 Å². The Morgan fingerprint density at radius 2 is 1.87 bits per heavy atom. The minimum atomic E-state index is -0.509. The number of fused-ring (bicyclic) bond motifs is 1. The lowest BCUT2D eigenvalue weighted by Crippen LogP contribution is -2.30. The van der Waals surface area contributed by atoms with Crippen LogP contribution in [0.3, 0.4) is 0 Å². The van der Waals surface area contributed by atoms with Gasteiger partial charge in [-0.25, -0.2) is 0 Å². The zero-order chi connectivity index (χ0) is 21.3. The molecule has 30 heavy (non-hydrogen) atoms. The van der Waals surface area contributed by atoms with Crippen LogP contribution in [-0.4, -0.2) is 41.9 Å². The third kappa shape index (κ3) is 5.66. The number of hydrogen-bond donors (Lipinski definition) is 1. The Hall–Kier alpha value is -3.68. The van der Waals surface area contributed by atoms with Gasteiger partial charge in [0, 0.05) is 11.9 Å². The zero-order valence-corrected chi connectivity index (χ0v) is 16.7. The fourth-order valence-corrected chi connectivity index (χ4v) is 2.94. The molecule has 1 N–H and O–H groups in total. The van der Waals surface area contributed by atoms with E-state index >= 15 is 0 Å². The number of rotatable bonds is 9. The van der Waals surface area contributed by atoms with E-state index in [2.05, 4.69) is 10.4 Å².